The third kappa shape index (κ3) is 7.29. The van der Waals surface area contributed by atoms with Crippen molar-refractivity contribution >= 4 is 5.97 Å². The molecule has 0 fully saturated rings. The van der Waals surface area contributed by atoms with Gasteiger partial charge in [-0.3, -0.25) is 15.2 Å². The molecular weight excluding hydrogens is 144 g/mol. The number of hydrogen-bond acceptors (Lipinski definition) is 3. The first-order chi connectivity index (χ1) is 5.02. The van der Waals surface area contributed by atoms with Crippen molar-refractivity contribution in [2.24, 2.45) is 0 Å². The van der Waals surface area contributed by atoms with E-state index in [4.69, 9.17) is 5.11 Å². The van der Waals surface area contributed by atoms with Crippen LogP contribution in [0.3, 0.4) is 0 Å². The van der Waals surface area contributed by atoms with Crippen LogP contribution in [0.5, 0.6) is 0 Å². The Labute approximate surface area is 67.2 Å². The molecule has 0 heterocycles. The average Bonchev–Trinajstić information content (AvgIpc) is 1.82. The second-order valence-corrected chi connectivity index (χ2v) is 2.86. The van der Waals surface area contributed by atoms with Crippen LogP contribution in [0.2, 0.25) is 0 Å². The maximum Gasteiger partial charge on any atom is 0.303 e. The van der Waals surface area contributed by atoms with E-state index in [9.17, 15) is 4.79 Å². The van der Waals surface area contributed by atoms with E-state index in [0.29, 0.717) is 6.42 Å². The fraction of sp³-hybridized carbons (Fsp3) is 0.857. The van der Waals surface area contributed by atoms with Gasteiger partial charge in [-0.25, -0.2) is 0 Å². The van der Waals surface area contributed by atoms with Gasteiger partial charge in [-0.15, -0.1) is 0 Å². The molecule has 0 aromatic heterocycles. The summed E-state index contributed by atoms with van der Waals surface area (Å²) < 4.78 is 0. The van der Waals surface area contributed by atoms with Gasteiger partial charge in [0.25, 0.3) is 0 Å². The van der Waals surface area contributed by atoms with Crippen molar-refractivity contribution in [3.05, 3.63) is 0 Å². The molecule has 11 heavy (non-hydrogen) atoms. The lowest BCUT2D eigenvalue weighted by Gasteiger charge is -2.18. The average molecular weight is 160 g/mol. The summed E-state index contributed by atoms with van der Waals surface area (Å²) in [6.45, 7) is 1.96. The molecule has 0 spiro atoms. The van der Waals surface area contributed by atoms with E-state index >= 15 is 0 Å². The summed E-state index contributed by atoms with van der Waals surface area (Å²) in [5.41, 5.74) is 3.07. The Hall–Kier alpha value is -0.610. The first-order valence-corrected chi connectivity index (χ1v) is 3.67. The van der Waals surface area contributed by atoms with E-state index in [1.807, 2.05) is 26.0 Å². The number of rotatable bonds is 5. The standard InChI is InChI=1S/C7H16N2O2/c1-6(8-9(2)3)4-5-7(10)11/h6,8H,4-5H2,1-3H3,(H,10,11). The van der Waals surface area contributed by atoms with Crippen LogP contribution in [0.25, 0.3) is 0 Å². The zero-order chi connectivity index (χ0) is 8.85. The molecule has 0 aromatic rings. The maximum absolute atomic E-state index is 10.1. The van der Waals surface area contributed by atoms with Gasteiger partial charge in [-0.05, 0) is 13.3 Å². The molecule has 4 nitrogen and oxygen atoms in total. The lowest BCUT2D eigenvalue weighted by molar-refractivity contribution is -0.137. The largest absolute Gasteiger partial charge is 0.481 e. The Morgan fingerprint density at radius 1 is 1.64 bits per heavy atom. The third-order valence-electron chi connectivity index (χ3n) is 1.27. The maximum atomic E-state index is 10.1. The Bertz CT molecular complexity index is 126. The van der Waals surface area contributed by atoms with Crippen LogP contribution >= 0.6 is 0 Å². The molecule has 0 rings (SSSR count). The summed E-state index contributed by atoms with van der Waals surface area (Å²) in [5.74, 6) is -0.739. The Morgan fingerprint density at radius 3 is 2.55 bits per heavy atom. The van der Waals surface area contributed by atoms with E-state index in [2.05, 4.69) is 5.43 Å². The summed E-state index contributed by atoms with van der Waals surface area (Å²) in [7, 11) is 3.77. The molecule has 0 aliphatic carbocycles. The summed E-state index contributed by atoms with van der Waals surface area (Å²) in [6.07, 6.45) is 0.884. The molecule has 4 heteroatoms. The number of nitrogens with one attached hydrogen (secondary N) is 1. The van der Waals surface area contributed by atoms with E-state index < -0.39 is 5.97 Å². The van der Waals surface area contributed by atoms with Crippen LogP contribution in [0.4, 0.5) is 0 Å². The lowest BCUT2D eigenvalue weighted by Crippen LogP contribution is -2.38. The zero-order valence-electron chi connectivity index (χ0n) is 7.29. The number of carbonyl (C=O) groups is 1. The SMILES string of the molecule is CC(CCC(=O)O)NN(C)C. The molecule has 1 atom stereocenters. The molecule has 0 saturated carbocycles. The van der Waals surface area contributed by atoms with Crippen molar-refractivity contribution in [3.63, 3.8) is 0 Å². The van der Waals surface area contributed by atoms with Crippen molar-refractivity contribution in [2.45, 2.75) is 25.8 Å². The molecule has 2 N–H and O–H groups in total. The second kappa shape index (κ2) is 5.09. The molecule has 0 bridgehead atoms. The highest BCUT2D eigenvalue weighted by Gasteiger charge is 2.04. The van der Waals surface area contributed by atoms with Crippen molar-refractivity contribution in [2.75, 3.05) is 14.1 Å². The third-order valence-corrected chi connectivity index (χ3v) is 1.27. The molecule has 0 aliphatic rings. The predicted molar refractivity (Wildman–Crippen MR) is 43.2 cm³/mol. The van der Waals surface area contributed by atoms with Gasteiger partial charge in [0.2, 0.25) is 0 Å². The molecule has 66 valence electrons. The van der Waals surface area contributed by atoms with Gasteiger partial charge < -0.3 is 5.11 Å². The fourth-order valence-electron chi connectivity index (χ4n) is 0.845. The van der Waals surface area contributed by atoms with Crippen LogP contribution in [0.15, 0.2) is 0 Å². The summed E-state index contributed by atoms with van der Waals surface area (Å²) in [6, 6.07) is 0.223. The van der Waals surface area contributed by atoms with Gasteiger partial charge in [-0.2, -0.15) is 0 Å². The van der Waals surface area contributed by atoms with E-state index in [1.54, 1.807) is 0 Å². The number of hydrazine groups is 1. The summed E-state index contributed by atoms with van der Waals surface area (Å²) in [4.78, 5) is 10.1. The second-order valence-electron chi connectivity index (χ2n) is 2.86. The highest BCUT2D eigenvalue weighted by molar-refractivity contribution is 5.66. The minimum absolute atomic E-state index is 0.223. The quantitative estimate of drug-likeness (QED) is 0.568. The summed E-state index contributed by atoms with van der Waals surface area (Å²) in [5, 5.41) is 10.2. The molecule has 0 amide bonds. The minimum atomic E-state index is -0.739. The van der Waals surface area contributed by atoms with Gasteiger partial charge >= 0.3 is 5.97 Å². The van der Waals surface area contributed by atoms with Crippen LogP contribution in [-0.4, -0.2) is 36.2 Å². The van der Waals surface area contributed by atoms with Gasteiger partial charge in [0.1, 0.15) is 0 Å². The molecule has 0 saturated heterocycles. The molecule has 0 aliphatic heterocycles. The molecule has 1 unspecified atom stereocenters. The predicted octanol–water partition coefficient (Wildman–Crippen LogP) is 0.306. The molecular formula is C7H16N2O2. The van der Waals surface area contributed by atoms with Gasteiger partial charge in [0.05, 0.1) is 0 Å². The smallest absolute Gasteiger partial charge is 0.303 e. The topological polar surface area (TPSA) is 52.6 Å². The highest BCUT2D eigenvalue weighted by atomic mass is 16.4. The number of carboxylic acid groups (broad SMARTS) is 1. The Morgan fingerprint density at radius 2 is 2.18 bits per heavy atom. The highest BCUT2D eigenvalue weighted by Crippen LogP contribution is 1.95. The zero-order valence-corrected chi connectivity index (χ0v) is 7.29. The number of aliphatic carboxylic acids is 1. The van der Waals surface area contributed by atoms with E-state index in [1.165, 1.54) is 0 Å². The fourth-order valence-corrected chi connectivity index (χ4v) is 0.845. The van der Waals surface area contributed by atoms with Gasteiger partial charge in [0, 0.05) is 26.6 Å². The van der Waals surface area contributed by atoms with Crippen LogP contribution in [0.1, 0.15) is 19.8 Å². The van der Waals surface area contributed by atoms with Crippen molar-refractivity contribution in [3.8, 4) is 0 Å². The number of hydrogen-bond donors (Lipinski definition) is 2. The Kier molecular flexibility index (Phi) is 4.81. The minimum Gasteiger partial charge on any atom is -0.481 e. The van der Waals surface area contributed by atoms with E-state index in [0.717, 1.165) is 0 Å². The molecule has 0 aromatic carbocycles. The number of carboxylic acids is 1. The van der Waals surface area contributed by atoms with E-state index in [-0.39, 0.29) is 12.5 Å². The van der Waals surface area contributed by atoms with Gasteiger partial charge in [0.15, 0.2) is 0 Å². The van der Waals surface area contributed by atoms with Crippen LogP contribution < -0.4 is 5.43 Å². The van der Waals surface area contributed by atoms with Crippen molar-refractivity contribution in [1.82, 2.24) is 10.4 Å². The summed E-state index contributed by atoms with van der Waals surface area (Å²) >= 11 is 0. The first-order valence-electron chi connectivity index (χ1n) is 3.67. The molecule has 0 radical (unpaired) electrons. The normalized spacial score (nSPS) is 13.5. The first kappa shape index (κ1) is 10.4. The van der Waals surface area contributed by atoms with Crippen LogP contribution in [0, 0.1) is 0 Å². The Balaban J connectivity index is 3.37. The monoisotopic (exact) mass is 160 g/mol. The number of nitrogens with zero attached hydrogens (tertiary/aromatic N) is 1. The van der Waals surface area contributed by atoms with Gasteiger partial charge in [-0.1, -0.05) is 0 Å². The lowest BCUT2D eigenvalue weighted by atomic mass is 10.2. The van der Waals surface area contributed by atoms with Crippen LogP contribution in [-0.2, 0) is 4.79 Å². The van der Waals surface area contributed by atoms with Crippen molar-refractivity contribution < 1.29 is 9.90 Å². The van der Waals surface area contributed by atoms with Crippen molar-refractivity contribution in [1.29, 1.82) is 0 Å².